The van der Waals surface area contributed by atoms with E-state index < -0.39 is 11.9 Å². The number of hydrogen-bond acceptors (Lipinski definition) is 7. The molecule has 9 nitrogen and oxygen atoms in total. The molecule has 4 aromatic rings. The van der Waals surface area contributed by atoms with Gasteiger partial charge >= 0.3 is 11.9 Å². The number of esters is 2. The second kappa shape index (κ2) is 9.82. The lowest BCUT2D eigenvalue weighted by atomic mass is 10.0. The Morgan fingerprint density at radius 3 is 2.36 bits per heavy atom. The quantitative estimate of drug-likeness (QED) is 0.383. The third kappa shape index (κ3) is 4.47. The Balaban J connectivity index is 1.83. The maximum Gasteiger partial charge on any atom is 0.357 e. The van der Waals surface area contributed by atoms with Gasteiger partial charge in [-0.3, -0.25) is 0 Å². The van der Waals surface area contributed by atoms with Crippen LogP contribution in [0.2, 0.25) is 0 Å². The number of benzene rings is 2. The van der Waals surface area contributed by atoms with E-state index in [1.165, 1.54) is 18.9 Å². The minimum atomic E-state index is -0.712. The monoisotopic (exact) mass is 446 g/mol. The minimum Gasteiger partial charge on any atom is -0.491 e. The van der Waals surface area contributed by atoms with E-state index in [2.05, 4.69) is 10.1 Å². The molecule has 0 aliphatic carbocycles. The zero-order chi connectivity index (χ0) is 23.2. The van der Waals surface area contributed by atoms with Crippen molar-refractivity contribution >= 4 is 11.9 Å². The Morgan fingerprint density at radius 2 is 1.67 bits per heavy atom. The van der Waals surface area contributed by atoms with Crippen LogP contribution in [0.3, 0.4) is 0 Å². The van der Waals surface area contributed by atoms with Gasteiger partial charge in [-0.25, -0.2) is 19.3 Å². The lowest BCUT2D eigenvalue weighted by Gasteiger charge is -2.11. The molecule has 2 heterocycles. The predicted molar refractivity (Wildman–Crippen MR) is 119 cm³/mol. The maximum atomic E-state index is 12.8. The third-order valence-electron chi connectivity index (χ3n) is 4.96. The van der Waals surface area contributed by atoms with Crippen molar-refractivity contribution in [2.75, 3.05) is 20.8 Å². The molecular formula is C24H22N4O5. The molecule has 2 aromatic heterocycles. The molecule has 0 aliphatic heterocycles. The molecular weight excluding hydrogens is 424 g/mol. The van der Waals surface area contributed by atoms with Crippen LogP contribution in [0.25, 0.3) is 16.9 Å². The number of imidazole rings is 1. The summed E-state index contributed by atoms with van der Waals surface area (Å²) in [4.78, 5) is 29.6. The molecule has 0 unspecified atom stereocenters. The molecule has 33 heavy (non-hydrogen) atoms. The van der Waals surface area contributed by atoms with Crippen molar-refractivity contribution in [2.24, 2.45) is 0 Å². The molecule has 0 amide bonds. The summed E-state index contributed by atoms with van der Waals surface area (Å²) >= 11 is 0. The summed E-state index contributed by atoms with van der Waals surface area (Å²) in [5.41, 5.74) is 1.36. The third-order valence-corrected chi connectivity index (χ3v) is 4.96. The number of methoxy groups -OCH3 is 2. The number of aromatic nitrogens is 4. The Bertz CT molecular complexity index is 1250. The Hall–Kier alpha value is -4.40. The first-order valence-electron chi connectivity index (χ1n) is 10.2. The molecule has 9 heteroatoms. The second-order valence-corrected chi connectivity index (χ2v) is 6.95. The fourth-order valence-corrected chi connectivity index (χ4v) is 3.41. The van der Waals surface area contributed by atoms with E-state index in [-0.39, 0.29) is 17.0 Å². The van der Waals surface area contributed by atoms with Crippen molar-refractivity contribution in [3.05, 3.63) is 84.6 Å². The van der Waals surface area contributed by atoms with Crippen molar-refractivity contribution in [1.82, 2.24) is 19.3 Å². The molecule has 4 rings (SSSR count). The van der Waals surface area contributed by atoms with Gasteiger partial charge in [0.2, 0.25) is 0 Å². The normalized spacial score (nSPS) is 10.6. The zero-order valence-electron chi connectivity index (χ0n) is 18.2. The highest BCUT2D eigenvalue weighted by molar-refractivity contribution is 6.07. The first-order valence-corrected chi connectivity index (χ1v) is 10.2. The minimum absolute atomic E-state index is 0.00105. The van der Waals surface area contributed by atoms with Crippen molar-refractivity contribution < 1.29 is 23.8 Å². The number of rotatable bonds is 8. The van der Waals surface area contributed by atoms with Crippen LogP contribution in [0.15, 0.2) is 73.3 Å². The predicted octanol–water partition coefficient (Wildman–Crippen LogP) is 3.39. The van der Waals surface area contributed by atoms with Crippen LogP contribution >= 0.6 is 0 Å². The van der Waals surface area contributed by atoms with Crippen LogP contribution < -0.4 is 4.74 Å². The van der Waals surface area contributed by atoms with Gasteiger partial charge in [0.25, 0.3) is 0 Å². The molecule has 0 radical (unpaired) electrons. The largest absolute Gasteiger partial charge is 0.491 e. The average Bonchev–Trinajstić information content (AvgIpc) is 3.52. The van der Waals surface area contributed by atoms with E-state index in [9.17, 15) is 9.59 Å². The zero-order valence-corrected chi connectivity index (χ0v) is 18.2. The summed E-state index contributed by atoms with van der Waals surface area (Å²) in [5.74, 6) is -0.908. The van der Waals surface area contributed by atoms with Crippen LogP contribution in [-0.4, -0.2) is 52.1 Å². The van der Waals surface area contributed by atoms with Gasteiger partial charge in [-0.1, -0.05) is 30.3 Å². The molecule has 2 aromatic carbocycles. The van der Waals surface area contributed by atoms with Crippen molar-refractivity contribution in [3.8, 4) is 22.7 Å². The van der Waals surface area contributed by atoms with E-state index in [1.54, 1.807) is 42.9 Å². The number of nitrogens with zero attached hydrogens (tertiary/aromatic N) is 4. The molecule has 0 aliphatic rings. The van der Waals surface area contributed by atoms with Crippen molar-refractivity contribution in [1.29, 1.82) is 0 Å². The second-order valence-electron chi connectivity index (χ2n) is 6.95. The fourth-order valence-electron chi connectivity index (χ4n) is 3.41. The summed E-state index contributed by atoms with van der Waals surface area (Å²) < 4.78 is 19.3. The summed E-state index contributed by atoms with van der Waals surface area (Å²) in [6, 6.07) is 16.2. The fraction of sp³-hybridized carbons (Fsp3) is 0.167. The summed E-state index contributed by atoms with van der Waals surface area (Å²) in [6.07, 6.45) is 5.24. The van der Waals surface area contributed by atoms with Gasteiger partial charge in [0, 0.05) is 18.0 Å². The highest BCUT2D eigenvalue weighted by Gasteiger charge is 2.32. The molecule has 0 fully saturated rings. The van der Waals surface area contributed by atoms with Gasteiger partial charge in [-0.05, 0) is 24.3 Å². The molecule has 0 atom stereocenters. The Morgan fingerprint density at radius 1 is 0.939 bits per heavy atom. The van der Waals surface area contributed by atoms with E-state index in [0.717, 1.165) is 0 Å². The van der Waals surface area contributed by atoms with Gasteiger partial charge in [0.1, 0.15) is 23.6 Å². The van der Waals surface area contributed by atoms with Crippen molar-refractivity contribution in [3.63, 3.8) is 0 Å². The van der Waals surface area contributed by atoms with Crippen LogP contribution in [0, 0.1) is 0 Å². The van der Waals surface area contributed by atoms with Gasteiger partial charge in [-0.2, -0.15) is 5.10 Å². The number of para-hydroxylation sites is 2. The summed E-state index contributed by atoms with van der Waals surface area (Å²) in [7, 11) is 2.50. The maximum absolute atomic E-state index is 12.8. The summed E-state index contributed by atoms with van der Waals surface area (Å²) in [6.45, 7) is 0.953. The molecule has 168 valence electrons. The van der Waals surface area contributed by atoms with Gasteiger partial charge in [0.05, 0.1) is 32.8 Å². The van der Waals surface area contributed by atoms with E-state index in [4.69, 9.17) is 14.2 Å². The smallest absolute Gasteiger partial charge is 0.357 e. The van der Waals surface area contributed by atoms with E-state index in [1.807, 2.05) is 35.0 Å². The van der Waals surface area contributed by atoms with E-state index in [0.29, 0.717) is 30.2 Å². The lowest BCUT2D eigenvalue weighted by molar-refractivity contribution is 0.0549. The number of carbonyl (C=O) groups is 2. The SMILES string of the molecule is COC(=O)c1c(-c2ccccc2OCCn2ccnc2)nn(-c2ccccc2)c1C(=O)OC. The molecule has 0 saturated heterocycles. The summed E-state index contributed by atoms with van der Waals surface area (Å²) in [5, 5.41) is 4.63. The number of ether oxygens (including phenoxy) is 3. The van der Waals surface area contributed by atoms with Crippen LogP contribution in [0.1, 0.15) is 20.8 Å². The first kappa shape index (κ1) is 21.8. The highest BCUT2D eigenvalue weighted by atomic mass is 16.5. The first-order chi connectivity index (χ1) is 16.1. The van der Waals surface area contributed by atoms with Crippen molar-refractivity contribution in [2.45, 2.75) is 6.54 Å². The molecule has 0 N–H and O–H groups in total. The average molecular weight is 446 g/mol. The molecule has 0 bridgehead atoms. The number of carbonyl (C=O) groups excluding carboxylic acids is 2. The van der Waals surface area contributed by atoms with Crippen LogP contribution in [0.4, 0.5) is 0 Å². The van der Waals surface area contributed by atoms with Crippen LogP contribution in [-0.2, 0) is 16.0 Å². The standard InChI is InChI=1S/C24H22N4O5/c1-31-23(29)20-21(26-28(22(20)24(30)32-2)17-8-4-3-5-9-17)18-10-6-7-11-19(18)33-15-14-27-13-12-25-16-27/h3-13,16H,14-15H2,1-2H3. The Labute approximate surface area is 190 Å². The number of hydrogen-bond donors (Lipinski definition) is 0. The lowest BCUT2D eigenvalue weighted by Crippen LogP contribution is -2.15. The van der Waals surface area contributed by atoms with Gasteiger partial charge in [0.15, 0.2) is 5.69 Å². The topological polar surface area (TPSA) is 97.5 Å². The van der Waals surface area contributed by atoms with Gasteiger partial charge in [-0.15, -0.1) is 0 Å². The van der Waals surface area contributed by atoms with Crippen LogP contribution in [0.5, 0.6) is 5.75 Å². The van der Waals surface area contributed by atoms with E-state index >= 15 is 0 Å². The molecule has 0 spiro atoms. The highest BCUT2D eigenvalue weighted by Crippen LogP contribution is 2.35. The van der Waals surface area contributed by atoms with Gasteiger partial charge < -0.3 is 18.8 Å². The Kier molecular flexibility index (Phi) is 6.49. The molecule has 0 saturated carbocycles.